The molecule has 2 rings (SSSR count). The lowest BCUT2D eigenvalue weighted by molar-refractivity contribution is -0.133. The van der Waals surface area contributed by atoms with Crippen molar-refractivity contribution in [2.45, 2.75) is 59.2 Å². The molecule has 3 unspecified atom stereocenters. The molecular formula is C15H28N2O2. The van der Waals surface area contributed by atoms with Crippen molar-refractivity contribution < 1.29 is 9.53 Å². The molecule has 0 aromatic heterocycles. The van der Waals surface area contributed by atoms with Gasteiger partial charge in [-0.2, -0.15) is 0 Å². The Bertz CT molecular complexity index is 326. The minimum absolute atomic E-state index is 0.00319. The number of nitrogens with zero attached hydrogens (tertiary/aromatic N) is 1. The number of carbonyl (C=O) groups is 1. The summed E-state index contributed by atoms with van der Waals surface area (Å²) in [6.45, 7) is 11.2. The topological polar surface area (TPSA) is 41.6 Å². The smallest absolute Gasteiger partial charge is 0.241 e. The van der Waals surface area contributed by atoms with Crippen molar-refractivity contribution in [3.63, 3.8) is 0 Å². The molecule has 2 aliphatic heterocycles. The highest BCUT2D eigenvalue weighted by Gasteiger charge is 2.42. The highest BCUT2D eigenvalue weighted by atomic mass is 16.5. The molecule has 0 aromatic rings. The Morgan fingerprint density at radius 1 is 1.47 bits per heavy atom. The van der Waals surface area contributed by atoms with Gasteiger partial charge in [-0.1, -0.05) is 27.2 Å². The van der Waals surface area contributed by atoms with E-state index in [1.54, 1.807) is 0 Å². The molecular weight excluding hydrogens is 240 g/mol. The molecule has 1 N–H and O–H groups in total. The van der Waals surface area contributed by atoms with Crippen LogP contribution in [0.15, 0.2) is 0 Å². The van der Waals surface area contributed by atoms with Gasteiger partial charge in [-0.05, 0) is 31.1 Å². The third kappa shape index (κ3) is 3.11. The van der Waals surface area contributed by atoms with Crippen molar-refractivity contribution in [2.24, 2.45) is 11.3 Å². The Morgan fingerprint density at radius 2 is 2.11 bits per heavy atom. The van der Waals surface area contributed by atoms with Crippen molar-refractivity contribution in [3.8, 4) is 0 Å². The standard InChI is InChI=1S/C15H28N2O2/c1-5-11(2)13-14(18)17(12(3)16-13)10-15(4)6-8-19-9-7-15/h11-13,16H,5-10H2,1-4H3. The van der Waals surface area contributed by atoms with Crippen LogP contribution in [-0.4, -0.2) is 42.8 Å². The molecule has 2 heterocycles. The number of hydrogen-bond donors (Lipinski definition) is 1. The van der Waals surface area contributed by atoms with Crippen molar-refractivity contribution >= 4 is 5.91 Å². The summed E-state index contributed by atoms with van der Waals surface area (Å²) in [6.07, 6.45) is 3.30. The molecule has 2 fully saturated rings. The molecule has 2 aliphatic rings. The summed E-state index contributed by atoms with van der Waals surface area (Å²) < 4.78 is 5.44. The number of amides is 1. The second-order valence-electron chi connectivity index (χ2n) is 6.60. The zero-order valence-corrected chi connectivity index (χ0v) is 12.7. The molecule has 4 heteroatoms. The Labute approximate surface area is 116 Å². The predicted octanol–water partition coefficient (Wildman–Crippen LogP) is 2.00. The summed E-state index contributed by atoms with van der Waals surface area (Å²) in [5.41, 5.74) is 0.216. The van der Waals surface area contributed by atoms with Crippen LogP contribution in [0.25, 0.3) is 0 Å². The van der Waals surface area contributed by atoms with Crippen LogP contribution in [0.5, 0.6) is 0 Å². The maximum Gasteiger partial charge on any atom is 0.241 e. The maximum atomic E-state index is 12.6. The van der Waals surface area contributed by atoms with E-state index in [0.29, 0.717) is 5.92 Å². The number of nitrogens with one attached hydrogen (secondary N) is 1. The van der Waals surface area contributed by atoms with Gasteiger partial charge in [0.05, 0.1) is 12.2 Å². The van der Waals surface area contributed by atoms with Crippen LogP contribution >= 0.6 is 0 Å². The fourth-order valence-electron chi connectivity index (χ4n) is 3.08. The van der Waals surface area contributed by atoms with Gasteiger partial charge in [-0.25, -0.2) is 0 Å². The fraction of sp³-hybridized carbons (Fsp3) is 0.933. The van der Waals surface area contributed by atoms with Gasteiger partial charge in [0.1, 0.15) is 0 Å². The van der Waals surface area contributed by atoms with Crippen molar-refractivity contribution in [2.75, 3.05) is 19.8 Å². The van der Waals surface area contributed by atoms with Crippen molar-refractivity contribution in [1.82, 2.24) is 10.2 Å². The first-order valence-corrected chi connectivity index (χ1v) is 7.61. The molecule has 1 amide bonds. The zero-order chi connectivity index (χ0) is 14.0. The molecule has 3 atom stereocenters. The molecule has 110 valence electrons. The Hall–Kier alpha value is -0.610. The summed E-state index contributed by atoms with van der Waals surface area (Å²) >= 11 is 0. The lowest BCUT2D eigenvalue weighted by atomic mass is 9.82. The lowest BCUT2D eigenvalue weighted by Gasteiger charge is -2.38. The number of carbonyl (C=O) groups excluding carboxylic acids is 1. The molecule has 0 aliphatic carbocycles. The van der Waals surface area contributed by atoms with E-state index in [1.165, 1.54) is 0 Å². The first kappa shape index (κ1) is 14.8. The third-order valence-corrected chi connectivity index (χ3v) is 4.90. The van der Waals surface area contributed by atoms with E-state index in [4.69, 9.17) is 4.74 Å². The van der Waals surface area contributed by atoms with Gasteiger partial charge in [-0.3, -0.25) is 10.1 Å². The van der Waals surface area contributed by atoms with E-state index in [0.717, 1.165) is 39.0 Å². The quantitative estimate of drug-likeness (QED) is 0.848. The van der Waals surface area contributed by atoms with Gasteiger partial charge in [-0.15, -0.1) is 0 Å². The van der Waals surface area contributed by atoms with Crippen LogP contribution in [0.1, 0.15) is 47.0 Å². The van der Waals surface area contributed by atoms with Gasteiger partial charge in [0.15, 0.2) is 0 Å². The summed E-state index contributed by atoms with van der Waals surface area (Å²) in [5.74, 6) is 0.692. The van der Waals surface area contributed by atoms with Crippen LogP contribution in [0, 0.1) is 11.3 Å². The van der Waals surface area contributed by atoms with Crippen LogP contribution in [-0.2, 0) is 9.53 Å². The monoisotopic (exact) mass is 268 g/mol. The second kappa shape index (κ2) is 5.80. The van der Waals surface area contributed by atoms with Gasteiger partial charge in [0.25, 0.3) is 0 Å². The molecule has 0 aromatic carbocycles. The highest BCUT2D eigenvalue weighted by molar-refractivity contribution is 5.84. The van der Waals surface area contributed by atoms with Gasteiger partial charge >= 0.3 is 0 Å². The predicted molar refractivity (Wildman–Crippen MR) is 75.7 cm³/mol. The van der Waals surface area contributed by atoms with Crippen molar-refractivity contribution in [1.29, 1.82) is 0 Å². The first-order chi connectivity index (χ1) is 8.97. The van der Waals surface area contributed by atoms with Gasteiger partial charge in [0.2, 0.25) is 5.91 Å². The molecule has 0 saturated carbocycles. The molecule has 0 radical (unpaired) electrons. The largest absolute Gasteiger partial charge is 0.381 e. The van der Waals surface area contributed by atoms with E-state index in [2.05, 4.69) is 33.0 Å². The Morgan fingerprint density at radius 3 is 2.68 bits per heavy atom. The number of hydrogen-bond acceptors (Lipinski definition) is 3. The summed E-state index contributed by atoms with van der Waals surface area (Å²) in [5, 5.41) is 3.46. The molecule has 2 saturated heterocycles. The van der Waals surface area contributed by atoms with E-state index in [9.17, 15) is 4.79 Å². The Kier molecular flexibility index (Phi) is 4.51. The number of rotatable bonds is 4. The number of ether oxygens (including phenoxy) is 1. The average molecular weight is 268 g/mol. The zero-order valence-electron chi connectivity index (χ0n) is 12.7. The van der Waals surface area contributed by atoms with Gasteiger partial charge < -0.3 is 9.64 Å². The van der Waals surface area contributed by atoms with Crippen LogP contribution in [0.4, 0.5) is 0 Å². The van der Waals surface area contributed by atoms with E-state index in [1.807, 2.05) is 4.90 Å². The minimum Gasteiger partial charge on any atom is -0.381 e. The lowest BCUT2D eigenvalue weighted by Crippen LogP contribution is -2.44. The maximum absolute atomic E-state index is 12.6. The van der Waals surface area contributed by atoms with Crippen LogP contribution in [0.2, 0.25) is 0 Å². The highest BCUT2D eigenvalue weighted by Crippen LogP contribution is 2.33. The summed E-state index contributed by atoms with van der Waals surface area (Å²) in [6, 6.07) is 0.00319. The summed E-state index contributed by atoms with van der Waals surface area (Å²) in [7, 11) is 0. The molecule has 0 bridgehead atoms. The first-order valence-electron chi connectivity index (χ1n) is 7.61. The van der Waals surface area contributed by atoms with Crippen molar-refractivity contribution in [3.05, 3.63) is 0 Å². The molecule has 19 heavy (non-hydrogen) atoms. The molecule has 4 nitrogen and oxygen atoms in total. The third-order valence-electron chi connectivity index (χ3n) is 4.90. The summed E-state index contributed by atoms with van der Waals surface area (Å²) in [4.78, 5) is 14.6. The fourth-order valence-corrected chi connectivity index (χ4v) is 3.08. The van der Waals surface area contributed by atoms with Gasteiger partial charge in [0, 0.05) is 19.8 Å². The normalized spacial score (nSPS) is 32.6. The average Bonchev–Trinajstić information content (AvgIpc) is 2.66. The SMILES string of the molecule is CCC(C)C1NC(C)N(CC2(C)CCOCC2)C1=O. The second-order valence-corrected chi connectivity index (χ2v) is 6.60. The van der Waals surface area contributed by atoms with E-state index < -0.39 is 0 Å². The van der Waals surface area contributed by atoms with Crippen LogP contribution in [0.3, 0.4) is 0 Å². The minimum atomic E-state index is 0.00319. The van der Waals surface area contributed by atoms with Crippen LogP contribution < -0.4 is 5.32 Å². The molecule has 0 spiro atoms. The van der Waals surface area contributed by atoms with E-state index >= 15 is 0 Å². The van der Waals surface area contributed by atoms with E-state index in [-0.39, 0.29) is 23.5 Å². The Balaban J connectivity index is 2.02.